The summed E-state index contributed by atoms with van der Waals surface area (Å²) >= 11 is 0. The minimum atomic E-state index is -0.0678. The van der Waals surface area contributed by atoms with Gasteiger partial charge in [0, 0.05) is 13.1 Å². The molecule has 1 saturated heterocycles. The molecular weight excluding hydrogens is 222 g/mol. The van der Waals surface area contributed by atoms with Crippen LogP contribution < -0.4 is 15.5 Å². The largest absolute Gasteiger partial charge is 0.378 e. The molecule has 0 atom stereocenters. The van der Waals surface area contributed by atoms with Crippen molar-refractivity contribution in [3.05, 3.63) is 6.33 Å². The third-order valence-electron chi connectivity index (χ3n) is 2.82. The number of aromatic nitrogens is 2. The second-order valence-corrected chi connectivity index (χ2v) is 3.92. The molecule has 7 heteroatoms. The van der Waals surface area contributed by atoms with Crippen molar-refractivity contribution in [2.75, 3.05) is 48.4 Å². The van der Waals surface area contributed by atoms with Crippen LogP contribution in [0.2, 0.25) is 0 Å². The molecule has 1 aromatic rings. The minimum Gasteiger partial charge on any atom is -0.378 e. The van der Waals surface area contributed by atoms with E-state index in [1.807, 2.05) is 0 Å². The number of nitrogens with zero attached hydrogens (tertiary/aromatic N) is 3. The maximum Gasteiger partial charge on any atom is 0.243 e. The summed E-state index contributed by atoms with van der Waals surface area (Å²) in [5, 5.41) is 5.79. The predicted octanol–water partition coefficient (Wildman–Crippen LogP) is -0.323. The molecule has 3 heterocycles. The number of nitrogens with one attached hydrogen (secondary N) is 2. The van der Waals surface area contributed by atoms with Crippen molar-refractivity contribution in [3.63, 3.8) is 0 Å². The summed E-state index contributed by atoms with van der Waals surface area (Å²) in [4.78, 5) is 21.9. The van der Waals surface area contributed by atoms with E-state index in [0.29, 0.717) is 24.7 Å². The molecule has 0 aromatic carbocycles. The molecule has 90 valence electrons. The van der Waals surface area contributed by atoms with E-state index in [2.05, 4.69) is 25.5 Å². The van der Waals surface area contributed by atoms with Gasteiger partial charge in [0.2, 0.25) is 5.91 Å². The molecule has 2 aliphatic heterocycles. The van der Waals surface area contributed by atoms with Crippen molar-refractivity contribution >= 4 is 23.2 Å². The minimum absolute atomic E-state index is 0.0678. The van der Waals surface area contributed by atoms with E-state index in [1.165, 1.54) is 6.33 Å². The van der Waals surface area contributed by atoms with Crippen LogP contribution in [-0.4, -0.2) is 48.7 Å². The Bertz CT molecular complexity index is 444. The van der Waals surface area contributed by atoms with Gasteiger partial charge < -0.3 is 20.3 Å². The Kier molecular flexibility index (Phi) is 2.52. The fourth-order valence-electron chi connectivity index (χ4n) is 1.99. The average Bonchev–Trinajstić information content (AvgIpc) is 2.39. The molecule has 7 nitrogen and oxygen atoms in total. The van der Waals surface area contributed by atoms with Gasteiger partial charge in [0.05, 0.1) is 19.8 Å². The van der Waals surface area contributed by atoms with Crippen molar-refractivity contribution in [2.45, 2.75) is 0 Å². The number of anilines is 3. The Morgan fingerprint density at radius 2 is 2.12 bits per heavy atom. The lowest BCUT2D eigenvalue weighted by atomic mass is 10.3. The highest BCUT2D eigenvalue weighted by molar-refractivity contribution is 6.02. The van der Waals surface area contributed by atoms with Crippen molar-refractivity contribution in [1.29, 1.82) is 0 Å². The first-order chi connectivity index (χ1) is 8.34. The lowest BCUT2D eigenvalue weighted by Crippen LogP contribution is -2.38. The van der Waals surface area contributed by atoms with Crippen LogP contribution in [0.4, 0.5) is 17.3 Å². The fraction of sp³-hybridized carbons (Fsp3) is 0.500. The maximum absolute atomic E-state index is 11.4. The predicted molar refractivity (Wildman–Crippen MR) is 62.2 cm³/mol. The summed E-state index contributed by atoms with van der Waals surface area (Å²) in [5.41, 5.74) is 0.672. The summed E-state index contributed by atoms with van der Waals surface area (Å²) in [5.74, 6) is 1.38. The van der Waals surface area contributed by atoms with Gasteiger partial charge in [-0.1, -0.05) is 0 Å². The van der Waals surface area contributed by atoms with Crippen molar-refractivity contribution < 1.29 is 9.53 Å². The number of hydrogen-bond acceptors (Lipinski definition) is 6. The molecule has 17 heavy (non-hydrogen) atoms. The van der Waals surface area contributed by atoms with Crippen LogP contribution >= 0.6 is 0 Å². The van der Waals surface area contributed by atoms with E-state index in [9.17, 15) is 4.79 Å². The number of rotatable bonds is 1. The first-order valence-electron chi connectivity index (χ1n) is 5.56. The Morgan fingerprint density at radius 3 is 2.94 bits per heavy atom. The summed E-state index contributed by atoms with van der Waals surface area (Å²) in [6, 6.07) is 0. The maximum atomic E-state index is 11.4. The SMILES string of the molecule is O=C1CNc2ncnc(N3CCOCC3)c2N1. The van der Waals surface area contributed by atoms with E-state index in [4.69, 9.17) is 4.74 Å². The van der Waals surface area contributed by atoms with Crippen molar-refractivity contribution in [3.8, 4) is 0 Å². The lowest BCUT2D eigenvalue weighted by Gasteiger charge is -2.30. The Hall–Kier alpha value is -1.89. The molecule has 1 amide bonds. The van der Waals surface area contributed by atoms with Crippen LogP contribution in [0, 0.1) is 0 Å². The van der Waals surface area contributed by atoms with Gasteiger partial charge in [0.1, 0.15) is 12.0 Å². The highest BCUT2D eigenvalue weighted by Gasteiger charge is 2.23. The van der Waals surface area contributed by atoms with E-state index in [-0.39, 0.29) is 12.5 Å². The molecule has 2 aliphatic rings. The van der Waals surface area contributed by atoms with Crippen LogP contribution in [0.25, 0.3) is 0 Å². The molecule has 2 N–H and O–H groups in total. The monoisotopic (exact) mass is 235 g/mol. The zero-order valence-corrected chi connectivity index (χ0v) is 9.27. The summed E-state index contributed by atoms with van der Waals surface area (Å²) in [6.45, 7) is 3.17. The van der Waals surface area contributed by atoms with Crippen LogP contribution in [0.15, 0.2) is 6.33 Å². The van der Waals surface area contributed by atoms with Crippen LogP contribution in [0.5, 0.6) is 0 Å². The molecule has 0 radical (unpaired) electrons. The van der Waals surface area contributed by atoms with Gasteiger partial charge >= 0.3 is 0 Å². The number of amides is 1. The highest BCUT2D eigenvalue weighted by Crippen LogP contribution is 2.31. The highest BCUT2D eigenvalue weighted by atomic mass is 16.5. The summed E-state index contributed by atoms with van der Waals surface area (Å²) in [7, 11) is 0. The molecule has 0 unspecified atom stereocenters. The Morgan fingerprint density at radius 1 is 1.29 bits per heavy atom. The second kappa shape index (κ2) is 4.17. The first kappa shape index (κ1) is 10.3. The third kappa shape index (κ3) is 1.89. The topological polar surface area (TPSA) is 79.4 Å². The average molecular weight is 235 g/mol. The van der Waals surface area contributed by atoms with E-state index in [1.54, 1.807) is 0 Å². The van der Waals surface area contributed by atoms with Crippen LogP contribution in [0.3, 0.4) is 0 Å². The number of hydrogen-bond donors (Lipinski definition) is 2. The van der Waals surface area contributed by atoms with E-state index < -0.39 is 0 Å². The molecule has 1 fully saturated rings. The first-order valence-corrected chi connectivity index (χ1v) is 5.56. The zero-order chi connectivity index (χ0) is 11.7. The molecule has 0 bridgehead atoms. The van der Waals surface area contributed by atoms with E-state index >= 15 is 0 Å². The van der Waals surface area contributed by atoms with E-state index in [0.717, 1.165) is 18.9 Å². The summed E-state index contributed by atoms with van der Waals surface area (Å²) < 4.78 is 5.30. The van der Waals surface area contributed by atoms with Gasteiger partial charge in [0.15, 0.2) is 11.6 Å². The quantitative estimate of drug-likeness (QED) is 0.694. The van der Waals surface area contributed by atoms with Gasteiger partial charge in [-0.2, -0.15) is 0 Å². The second-order valence-electron chi connectivity index (χ2n) is 3.92. The number of fused-ring (bicyclic) bond motifs is 1. The Labute approximate surface area is 98.2 Å². The van der Waals surface area contributed by atoms with Crippen molar-refractivity contribution in [1.82, 2.24) is 9.97 Å². The summed E-state index contributed by atoms with van der Waals surface area (Å²) in [6.07, 6.45) is 1.51. The van der Waals surface area contributed by atoms with Gasteiger partial charge in [-0.3, -0.25) is 4.79 Å². The number of carbonyl (C=O) groups excluding carboxylic acids is 1. The lowest BCUT2D eigenvalue weighted by molar-refractivity contribution is -0.114. The smallest absolute Gasteiger partial charge is 0.243 e. The molecule has 0 saturated carbocycles. The molecular formula is C10H13N5O2. The third-order valence-corrected chi connectivity index (χ3v) is 2.82. The molecule has 0 aliphatic carbocycles. The van der Waals surface area contributed by atoms with Gasteiger partial charge in [0.25, 0.3) is 0 Å². The van der Waals surface area contributed by atoms with Crippen LogP contribution in [0.1, 0.15) is 0 Å². The van der Waals surface area contributed by atoms with Gasteiger partial charge in [-0.25, -0.2) is 9.97 Å². The molecule has 1 aromatic heterocycles. The van der Waals surface area contributed by atoms with Gasteiger partial charge in [-0.05, 0) is 0 Å². The normalized spacial score (nSPS) is 19.3. The number of ether oxygens (including phenoxy) is 1. The van der Waals surface area contributed by atoms with Gasteiger partial charge in [-0.15, -0.1) is 0 Å². The molecule has 3 rings (SSSR count). The Balaban J connectivity index is 1.95. The standard InChI is InChI=1S/C10H13N5O2/c16-7-5-11-9-8(14-7)10(13-6-12-9)15-1-3-17-4-2-15/h6H,1-5H2,(H,14,16)(H,11,12,13). The number of morpholine rings is 1. The zero-order valence-electron chi connectivity index (χ0n) is 9.27. The fourth-order valence-corrected chi connectivity index (χ4v) is 1.99. The van der Waals surface area contributed by atoms with Crippen LogP contribution in [-0.2, 0) is 9.53 Å². The number of carbonyl (C=O) groups is 1. The molecule has 0 spiro atoms. The van der Waals surface area contributed by atoms with Crippen molar-refractivity contribution in [2.24, 2.45) is 0 Å².